The molecule has 0 aliphatic carbocycles. The molecule has 108 valence electrons. The van der Waals surface area contributed by atoms with E-state index in [4.69, 9.17) is 14.2 Å². The van der Waals surface area contributed by atoms with Gasteiger partial charge in [-0.15, -0.1) is 0 Å². The van der Waals surface area contributed by atoms with E-state index in [0.717, 1.165) is 5.56 Å². The molecule has 0 unspecified atom stereocenters. The van der Waals surface area contributed by atoms with Crippen molar-refractivity contribution in [3.63, 3.8) is 0 Å². The molecule has 0 fully saturated rings. The Morgan fingerprint density at radius 1 is 1.19 bits per heavy atom. The maximum atomic E-state index is 13.2. The highest BCUT2D eigenvalue weighted by molar-refractivity contribution is 5.87. The van der Waals surface area contributed by atoms with Gasteiger partial charge in [-0.2, -0.15) is 0 Å². The number of hydrogen-bond donors (Lipinski definition) is 0. The Kier molecular flexibility index (Phi) is 3.48. The smallest absolute Gasteiger partial charge is 0.231 e. The lowest BCUT2D eigenvalue weighted by Gasteiger charge is -2.06. The minimum absolute atomic E-state index is 0.205. The van der Waals surface area contributed by atoms with Gasteiger partial charge in [-0.05, 0) is 36.8 Å². The van der Waals surface area contributed by atoms with Crippen LogP contribution in [0.5, 0.6) is 17.2 Å². The quantitative estimate of drug-likeness (QED) is 0.809. The predicted octanol–water partition coefficient (Wildman–Crippen LogP) is 3.62. The molecule has 0 spiro atoms. The van der Waals surface area contributed by atoms with Crippen molar-refractivity contribution in [3.05, 3.63) is 47.3 Å². The zero-order valence-corrected chi connectivity index (χ0v) is 11.7. The molecule has 5 heteroatoms. The normalized spacial score (nSPS) is 12.9. The third-order valence-electron chi connectivity index (χ3n) is 3.22. The molecule has 0 saturated carbocycles. The summed E-state index contributed by atoms with van der Waals surface area (Å²) in [7, 11) is 1.58. The Balaban J connectivity index is 1.93. The van der Waals surface area contributed by atoms with Gasteiger partial charge in [0.15, 0.2) is 11.5 Å². The van der Waals surface area contributed by atoms with Crippen molar-refractivity contribution in [1.29, 1.82) is 0 Å². The van der Waals surface area contributed by atoms with Gasteiger partial charge in [-0.1, -0.05) is 0 Å². The second-order valence-electron chi connectivity index (χ2n) is 4.64. The fourth-order valence-electron chi connectivity index (χ4n) is 2.07. The number of hydrogen-bond acceptors (Lipinski definition) is 4. The molecule has 0 aromatic heterocycles. The van der Waals surface area contributed by atoms with Crippen molar-refractivity contribution in [2.45, 2.75) is 6.92 Å². The zero-order valence-electron chi connectivity index (χ0n) is 11.7. The summed E-state index contributed by atoms with van der Waals surface area (Å²) in [5.74, 6) is 1.71. The maximum absolute atomic E-state index is 13.2. The number of methoxy groups -OCH3 is 1. The van der Waals surface area contributed by atoms with Crippen LogP contribution in [0.3, 0.4) is 0 Å². The number of aryl methyl sites for hydroxylation is 1. The highest BCUT2D eigenvalue weighted by Crippen LogP contribution is 2.37. The number of rotatable bonds is 3. The second kappa shape index (κ2) is 5.44. The predicted molar refractivity (Wildman–Crippen MR) is 77.5 cm³/mol. The Bertz CT molecular complexity index is 713. The lowest BCUT2D eigenvalue weighted by Crippen LogP contribution is -1.92. The first-order valence-electron chi connectivity index (χ1n) is 6.45. The fraction of sp³-hybridized carbons (Fsp3) is 0.188. The van der Waals surface area contributed by atoms with Gasteiger partial charge < -0.3 is 14.2 Å². The average Bonchev–Trinajstić information content (AvgIpc) is 2.94. The molecule has 2 aromatic carbocycles. The zero-order chi connectivity index (χ0) is 14.8. The summed E-state index contributed by atoms with van der Waals surface area (Å²) in [6.45, 7) is 1.91. The Morgan fingerprint density at radius 2 is 1.95 bits per heavy atom. The topological polar surface area (TPSA) is 40.0 Å². The first kappa shape index (κ1) is 13.4. The van der Waals surface area contributed by atoms with Crippen LogP contribution in [0, 0.1) is 12.7 Å². The molecule has 1 heterocycles. The van der Waals surface area contributed by atoms with E-state index in [1.165, 1.54) is 6.07 Å². The summed E-state index contributed by atoms with van der Waals surface area (Å²) >= 11 is 0. The minimum Gasteiger partial charge on any atom is -0.496 e. The standard InChI is InChI=1S/C16H14FNO3/c1-10-5-12(3-4-13(10)17)18-8-11-6-15-16(21-9-20-15)7-14(11)19-2/h3-8H,9H2,1-2H3. The highest BCUT2D eigenvalue weighted by atomic mass is 19.1. The largest absolute Gasteiger partial charge is 0.496 e. The van der Waals surface area contributed by atoms with Crippen molar-refractivity contribution >= 4 is 11.9 Å². The molecular weight excluding hydrogens is 273 g/mol. The Morgan fingerprint density at radius 3 is 2.67 bits per heavy atom. The van der Waals surface area contributed by atoms with Crippen molar-refractivity contribution in [2.24, 2.45) is 4.99 Å². The molecular formula is C16H14FNO3. The number of halogens is 1. The lowest BCUT2D eigenvalue weighted by atomic mass is 10.2. The molecule has 0 N–H and O–H groups in total. The molecule has 0 atom stereocenters. The van der Waals surface area contributed by atoms with Gasteiger partial charge in [0, 0.05) is 17.8 Å². The SMILES string of the molecule is COc1cc2c(cc1C=Nc1ccc(F)c(C)c1)OCO2. The number of ether oxygens (including phenoxy) is 3. The van der Waals surface area contributed by atoms with E-state index in [1.807, 2.05) is 0 Å². The summed E-state index contributed by atoms with van der Waals surface area (Å²) in [5, 5.41) is 0. The second-order valence-corrected chi connectivity index (χ2v) is 4.64. The molecule has 0 bridgehead atoms. The van der Waals surface area contributed by atoms with Gasteiger partial charge in [-0.25, -0.2) is 4.39 Å². The van der Waals surface area contributed by atoms with Gasteiger partial charge in [-0.3, -0.25) is 4.99 Å². The van der Waals surface area contributed by atoms with Gasteiger partial charge in [0.25, 0.3) is 0 Å². The van der Waals surface area contributed by atoms with Gasteiger partial charge in [0.2, 0.25) is 6.79 Å². The molecule has 1 aliphatic rings. The van der Waals surface area contributed by atoms with Gasteiger partial charge in [0.05, 0.1) is 12.8 Å². The van der Waals surface area contributed by atoms with E-state index < -0.39 is 0 Å². The summed E-state index contributed by atoms with van der Waals surface area (Å²) in [6.07, 6.45) is 1.66. The fourth-order valence-corrected chi connectivity index (χ4v) is 2.07. The monoisotopic (exact) mass is 287 g/mol. The Labute approximate surface area is 121 Å². The molecule has 3 rings (SSSR count). The summed E-state index contributed by atoms with van der Waals surface area (Å²) < 4.78 is 29.2. The highest BCUT2D eigenvalue weighted by Gasteiger charge is 2.16. The van der Waals surface area contributed by atoms with E-state index in [0.29, 0.717) is 28.5 Å². The van der Waals surface area contributed by atoms with Crippen LogP contribution in [0.2, 0.25) is 0 Å². The van der Waals surface area contributed by atoms with E-state index in [1.54, 1.807) is 44.5 Å². The van der Waals surface area contributed by atoms with Crippen LogP contribution in [0.25, 0.3) is 0 Å². The van der Waals surface area contributed by atoms with Crippen LogP contribution in [-0.2, 0) is 0 Å². The first-order valence-corrected chi connectivity index (χ1v) is 6.45. The van der Waals surface area contributed by atoms with E-state index >= 15 is 0 Å². The minimum atomic E-state index is -0.241. The maximum Gasteiger partial charge on any atom is 0.231 e. The van der Waals surface area contributed by atoms with Crippen molar-refractivity contribution in [2.75, 3.05) is 13.9 Å². The molecule has 4 nitrogen and oxygen atoms in total. The van der Waals surface area contributed by atoms with Crippen LogP contribution < -0.4 is 14.2 Å². The third kappa shape index (κ3) is 2.67. The van der Waals surface area contributed by atoms with Crippen LogP contribution in [0.1, 0.15) is 11.1 Å². The van der Waals surface area contributed by atoms with E-state index in [2.05, 4.69) is 4.99 Å². The van der Waals surface area contributed by atoms with Gasteiger partial charge >= 0.3 is 0 Å². The molecule has 0 radical (unpaired) electrons. The molecule has 0 saturated heterocycles. The van der Waals surface area contributed by atoms with Crippen LogP contribution >= 0.6 is 0 Å². The molecule has 0 amide bonds. The first-order chi connectivity index (χ1) is 10.2. The molecule has 1 aliphatic heterocycles. The lowest BCUT2D eigenvalue weighted by molar-refractivity contribution is 0.174. The summed E-state index contributed by atoms with van der Waals surface area (Å²) in [5.41, 5.74) is 2.00. The van der Waals surface area contributed by atoms with Crippen molar-refractivity contribution in [1.82, 2.24) is 0 Å². The van der Waals surface area contributed by atoms with Crippen LogP contribution in [0.4, 0.5) is 10.1 Å². The van der Waals surface area contributed by atoms with E-state index in [9.17, 15) is 4.39 Å². The summed E-state index contributed by atoms with van der Waals surface area (Å²) in [6, 6.07) is 8.28. The van der Waals surface area contributed by atoms with E-state index in [-0.39, 0.29) is 12.6 Å². The molecule has 21 heavy (non-hydrogen) atoms. The van der Waals surface area contributed by atoms with Crippen LogP contribution in [0.15, 0.2) is 35.3 Å². The number of aliphatic imine (C=N–C) groups is 1. The molecule has 2 aromatic rings. The van der Waals surface area contributed by atoms with Crippen molar-refractivity contribution < 1.29 is 18.6 Å². The Hall–Kier alpha value is -2.56. The summed E-state index contributed by atoms with van der Waals surface area (Å²) in [4.78, 5) is 4.34. The number of fused-ring (bicyclic) bond motifs is 1. The van der Waals surface area contributed by atoms with Crippen LogP contribution in [-0.4, -0.2) is 20.1 Å². The third-order valence-corrected chi connectivity index (χ3v) is 3.22. The van der Waals surface area contributed by atoms with Gasteiger partial charge in [0.1, 0.15) is 11.6 Å². The average molecular weight is 287 g/mol. The number of nitrogens with zero attached hydrogens (tertiary/aromatic N) is 1. The van der Waals surface area contributed by atoms with Crippen molar-refractivity contribution in [3.8, 4) is 17.2 Å². The number of benzene rings is 2.